The van der Waals surface area contributed by atoms with Gasteiger partial charge in [-0.2, -0.15) is 0 Å². The Balaban J connectivity index is 0.00000264. The zero-order valence-electron chi connectivity index (χ0n) is 13.5. The normalized spacial score (nSPS) is 17.7. The van der Waals surface area contributed by atoms with Crippen molar-refractivity contribution < 1.29 is 19.4 Å². The quantitative estimate of drug-likeness (QED) is 0.718. The monoisotopic (exact) mass is 344 g/mol. The molecular formula is C16H25ClN2O4. The topological polar surface area (TPSA) is 79.8 Å². The largest absolute Gasteiger partial charge is 0.497 e. The van der Waals surface area contributed by atoms with Crippen LogP contribution in [0, 0.1) is 0 Å². The van der Waals surface area contributed by atoms with Crippen LogP contribution in [0.15, 0.2) is 24.3 Å². The first-order valence-corrected chi connectivity index (χ1v) is 7.47. The van der Waals surface area contributed by atoms with Crippen molar-refractivity contribution >= 4 is 18.3 Å². The zero-order valence-corrected chi connectivity index (χ0v) is 14.3. The number of aliphatic hydroxyl groups excluding tert-OH is 1. The molecule has 1 atom stereocenters. The number of benzene rings is 1. The van der Waals surface area contributed by atoms with E-state index in [9.17, 15) is 9.90 Å². The van der Waals surface area contributed by atoms with Crippen LogP contribution in [0.4, 0.5) is 0 Å². The van der Waals surface area contributed by atoms with Crippen molar-refractivity contribution in [2.24, 2.45) is 0 Å². The second-order valence-electron chi connectivity index (χ2n) is 5.45. The highest BCUT2D eigenvalue weighted by Crippen LogP contribution is 2.23. The summed E-state index contributed by atoms with van der Waals surface area (Å²) in [6.45, 7) is 1.64. The minimum Gasteiger partial charge on any atom is -0.497 e. The lowest BCUT2D eigenvalue weighted by atomic mass is 9.91. The highest BCUT2D eigenvalue weighted by atomic mass is 35.5. The summed E-state index contributed by atoms with van der Waals surface area (Å²) in [6.07, 6.45) is 0.476. The second kappa shape index (κ2) is 9.08. The van der Waals surface area contributed by atoms with Crippen LogP contribution in [-0.4, -0.2) is 50.5 Å². The number of nitrogens with one attached hydrogen (secondary N) is 2. The zero-order chi connectivity index (χ0) is 16.0. The lowest BCUT2D eigenvalue weighted by Crippen LogP contribution is -2.54. The first-order valence-electron chi connectivity index (χ1n) is 7.47. The third-order valence-electron chi connectivity index (χ3n) is 4.15. The molecule has 23 heavy (non-hydrogen) atoms. The molecule has 0 aliphatic carbocycles. The standard InChI is InChI=1S/C16H24N2O4.ClH/c1-21-13-5-3-4-12(10-13)14(19)11-18-15(20)16(22-2)6-8-17-9-7-16;/h3-5,10,14,17,19H,6-9,11H2,1-2H3,(H,18,20);1H. The molecule has 130 valence electrons. The lowest BCUT2D eigenvalue weighted by Gasteiger charge is -2.35. The van der Waals surface area contributed by atoms with Crippen LogP contribution >= 0.6 is 12.4 Å². The van der Waals surface area contributed by atoms with Crippen LogP contribution in [-0.2, 0) is 9.53 Å². The van der Waals surface area contributed by atoms with E-state index < -0.39 is 11.7 Å². The van der Waals surface area contributed by atoms with Crippen molar-refractivity contribution in [3.05, 3.63) is 29.8 Å². The first kappa shape index (κ1) is 19.7. The van der Waals surface area contributed by atoms with Gasteiger partial charge in [-0.25, -0.2) is 0 Å². The molecule has 1 aromatic rings. The Morgan fingerprint density at radius 1 is 1.39 bits per heavy atom. The molecule has 1 saturated heterocycles. The number of ether oxygens (including phenoxy) is 2. The van der Waals surface area contributed by atoms with Gasteiger partial charge in [0.15, 0.2) is 0 Å². The fourth-order valence-corrected chi connectivity index (χ4v) is 2.67. The average Bonchev–Trinajstić information content (AvgIpc) is 2.59. The smallest absolute Gasteiger partial charge is 0.252 e. The van der Waals surface area contributed by atoms with Gasteiger partial charge in [0.25, 0.3) is 5.91 Å². The molecule has 0 radical (unpaired) electrons. The van der Waals surface area contributed by atoms with E-state index in [2.05, 4.69) is 10.6 Å². The molecule has 6 nitrogen and oxygen atoms in total. The molecule has 1 aliphatic heterocycles. The van der Waals surface area contributed by atoms with E-state index in [4.69, 9.17) is 9.47 Å². The second-order valence-corrected chi connectivity index (χ2v) is 5.45. The third-order valence-corrected chi connectivity index (χ3v) is 4.15. The molecule has 1 aliphatic rings. The maximum Gasteiger partial charge on any atom is 0.252 e. The van der Waals surface area contributed by atoms with Crippen LogP contribution in [0.3, 0.4) is 0 Å². The van der Waals surface area contributed by atoms with Crippen LogP contribution < -0.4 is 15.4 Å². The lowest BCUT2D eigenvalue weighted by molar-refractivity contribution is -0.147. The number of methoxy groups -OCH3 is 2. The van der Waals surface area contributed by atoms with Gasteiger partial charge in [-0.15, -0.1) is 12.4 Å². The summed E-state index contributed by atoms with van der Waals surface area (Å²) in [7, 11) is 3.14. The van der Waals surface area contributed by atoms with Gasteiger partial charge in [0, 0.05) is 13.7 Å². The number of amides is 1. The summed E-state index contributed by atoms with van der Waals surface area (Å²) in [5.74, 6) is 0.507. The van der Waals surface area contributed by atoms with E-state index in [1.54, 1.807) is 26.4 Å². The fourth-order valence-electron chi connectivity index (χ4n) is 2.67. The highest BCUT2D eigenvalue weighted by Gasteiger charge is 2.39. The van der Waals surface area contributed by atoms with Crippen LogP contribution in [0.2, 0.25) is 0 Å². The van der Waals surface area contributed by atoms with Crippen LogP contribution in [0.1, 0.15) is 24.5 Å². The molecule has 3 N–H and O–H groups in total. The number of hydrogen-bond acceptors (Lipinski definition) is 5. The van der Waals surface area contributed by atoms with Gasteiger partial charge in [0.2, 0.25) is 0 Å². The first-order chi connectivity index (χ1) is 10.6. The van der Waals surface area contributed by atoms with Gasteiger partial charge in [0.05, 0.1) is 13.2 Å². The fraction of sp³-hybridized carbons (Fsp3) is 0.562. The molecule has 1 amide bonds. The van der Waals surface area contributed by atoms with Crippen molar-refractivity contribution in [1.82, 2.24) is 10.6 Å². The number of hydrogen-bond donors (Lipinski definition) is 3. The van der Waals surface area contributed by atoms with Crippen LogP contribution in [0.25, 0.3) is 0 Å². The summed E-state index contributed by atoms with van der Waals surface area (Å²) in [5, 5.41) is 16.2. The SMILES string of the molecule is COc1cccc(C(O)CNC(=O)C2(OC)CCNCC2)c1.Cl. The number of carbonyl (C=O) groups is 1. The summed E-state index contributed by atoms with van der Waals surface area (Å²) >= 11 is 0. The molecule has 2 rings (SSSR count). The van der Waals surface area contributed by atoms with E-state index in [1.807, 2.05) is 12.1 Å². The number of piperidine rings is 1. The summed E-state index contributed by atoms with van der Waals surface area (Å²) in [5.41, 5.74) is -0.0873. The molecule has 0 bridgehead atoms. The summed E-state index contributed by atoms with van der Waals surface area (Å²) in [4.78, 5) is 12.4. The Bertz CT molecular complexity index is 507. The molecule has 1 heterocycles. The van der Waals surface area contributed by atoms with E-state index in [0.29, 0.717) is 24.2 Å². The summed E-state index contributed by atoms with van der Waals surface area (Å²) < 4.78 is 10.6. The minimum absolute atomic E-state index is 0. The van der Waals surface area contributed by atoms with Gasteiger partial charge in [-0.1, -0.05) is 12.1 Å². The van der Waals surface area contributed by atoms with E-state index in [1.165, 1.54) is 0 Å². The van der Waals surface area contributed by atoms with Gasteiger partial charge in [0.1, 0.15) is 11.4 Å². The van der Waals surface area contributed by atoms with Crippen molar-refractivity contribution in [1.29, 1.82) is 0 Å². The maximum atomic E-state index is 12.4. The maximum absolute atomic E-state index is 12.4. The van der Waals surface area contributed by atoms with E-state index >= 15 is 0 Å². The summed E-state index contributed by atoms with van der Waals surface area (Å²) in [6, 6.07) is 7.18. The van der Waals surface area contributed by atoms with Crippen molar-refractivity contribution in [2.45, 2.75) is 24.5 Å². The molecule has 1 fully saturated rings. The Morgan fingerprint density at radius 2 is 2.09 bits per heavy atom. The van der Waals surface area contributed by atoms with E-state index in [0.717, 1.165) is 13.1 Å². The third kappa shape index (κ3) is 4.81. The van der Waals surface area contributed by atoms with Crippen LogP contribution in [0.5, 0.6) is 5.75 Å². The van der Waals surface area contributed by atoms with Crippen molar-refractivity contribution in [2.75, 3.05) is 33.9 Å². The van der Waals surface area contributed by atoms with E-state index in [-0.39, 0.29) is 24.9 Å². The predicted molar refractivity (Wildman–Crippen MR) is 90.1 cm³/mol. The number of aliphatic hydroxyl groups is 1. The number of halogens is 1. The van der Waals surface area contributed by atoms with Crippen molar-refractivity contribution in [3.63, 3.8) is 0 Å². The number of rotatable bonds is 6. The van der Waals surface area contributed by atoms with Gasteiger partial charge in [-0.05, 0) is 43.6 Å². The Morgan fingerprint density at radius 3 is 2.70 bits per heavy atom. The molecule has 0 saturated carbocycles. The molecule has 1 aromatic carbocycles. The molecule has 0 aromatic heterocycles. The Kier molecular flexibility index (Phi) is 7.78. The minimum atomic E-state index is -0.792. The highest BCUT2D eigenvalue weighted by molar-refractivity contribution is 5.85. The predicted octanol–water partition coefficient (Wildman–Crippen LogP) is 1.04. The Hall–Kier alpha value is -1.34. The molecule has 1 unspecified atom stereocenters. The molecule has 7 heteroatoms. The Labute approximate surface area is 143 Å². The van der Waals surface area contributed by atoms with Crippen molar-refractivity contribution in [3.8, 4) is 5.75 Å². The number of carbonyl (C=O) groups excluding carboxylic acids is 1. The van der Waals surface area contributed by atoms with Gasteiger partial charge < -0.3 is 25.2 Å². The van der Waals surface area contributed by atoms with Gasteiger partial charge >= 0.3 is 0 Å². The average molecular weight is 345 g/mol. The molecular weight excluding hydrogens is 320 g/mol. The van der Waals surface area contributed by atoms with Gasteiger partial charge in [-0.3, -0.25) is 4.79 Å². The molecule has 0 spiro atoms.